The fraction of sp³-hybridized carbons (Fsp3) is 0.769. The molecule has 1 atom stereocenters. The standard InChI is InChI=1S/C13H23NO5.K/c1-3-4-5-6-7-8-11(15)14(2)10(13(18)19)9-12(16)17;/h10H,3-9H2,1-2H3,(H,16,17)(H,18,19);/q;+1/p-1. The molecule has 0 fully saturated rings. The van der Waals surface area contributed by atoms with Crippen molar-refractivity contribution >= 4 is 17.8 Å². The molecule has 0 heterocycles. The maximum Gasteiger partial charge on any atom is 1.00 e. The Morgan fingerprint density at radius 2 is 1.70 bits per heavy atom. The Kier molecular flexibility index (Phi) is 14.2. The SMILES string of the molecule is CCCCCCCC(=O)N(C)C(CC(=O)O)C(=O)[O-].[K+]. The number of aliphatic carboxylic acids is 2. The molecule has 0 bridgehead atoms. The van der Waals surface area contributed by atoms with Gasteiger partial charge < -0.3 is 19.9 Å². The topological polar surface area (TPSA) is 97.7 Å². The fourth-order valence-electron chi connectivity index (χ4n) is 1.77. The van der Waals surface area contributed by atoms with E-state index in [2.05, 4.69) is 6.92 Å². The van der Waals surface area contributed by atoms with Crippen LogP contribution in [0.2, 0.25) is 0 Å². The molecule has 0 saturated heterocycles. The number of nitrogens with zero attached hydrogens (tertiary/aromatic N) is 1. The van der Waals surface area contributed by atoms with Crippen molar-refractivity contribution in [1.82, 2.24) is 4.90 Å². The second-order valence-electron chi connectivity index (χ2n) is 4.60. The number of carboxylic acid groups (broad SMARTS) is 2. The van der Waals surface area contributed by atoms with E-state index in [1.54, 1.807) is 0 Å². The van der Waals surface area contributed by atoms with Gasteiger partial charge in [-0.05, 0) is 6.42 Å². The molecule has 0 aliphatic rings. The molecule has 1 N–H and O–H groups in total. The molecular weight excluding hydrogens is 289 g/mol. The first-order valence-electron chi connectivity index (χ1n) is 6.58. The second kappa shape index (κ2) is 12.8. The van der Waals surface area contributed by atoms with Gasteiger partial charge in [0.15, 0.2) is 0 Å². The summed E-state index contributed by atoms with van der Waals surface area (Å²) < 4.78 is 0. The summed E-state index contributed by atoms with van der Waals surface area (Å²) >= 11 is 0. The molecule has 20 heavy (non-hydrogen) atoms. The third kappa shape index (κ3) is 9.87. The molecule has 0 aliphatic carbocycles. The number of amides is 1. The van der Waals surface area contributed by atoms with Gasteiger partial charge in [0.1, 0.15) is 0 Å². The molecule has 0 aromatic rings. The third-order valence-electron chi connectivity index (χ3n) is 3.00. The van der Waals surface area contributed by atoms with Gasteiger partial charge in [0.25, 0.3) is 0 Å². The van der Waals surface area contributed by atoms with E-state index in [4.69, 9.17) is 5.11 Å². The maximum atomic E-state index is 11.7. The van der Waals surface area contributed by atoms with E-state index in [1.807, 2.05) is 0 Å². The number of unbranched alkanes of at least 4 members (excludes halogenated alkanes) is 4. The van der Waals surface area contributed by atoms with Gasteiger partial charge in [0.05, 0.1) is 18.4 Å². The normalized spacial score (nSPS) is 11.3. The monoisotopic (exact) mass is 311 g/mol. The Balaban J connectivity index is 0. The molecule has 0 rings (SSSR count). The van der Waals surface area contributed by atoms with Crippen molar-refractivity contribution in [2.75, 3.05) is 7.05 Å². The maximum absolute atomic E-state index is 11.7. The number of hydrogen-bond acceptors (Lipinski definition) is 4. The van der Waals surface area contributed by atoms with E-state index in [0.29, 0.717) is 6.42 Å². The Hall–Kier alpha value is 0.0464. The zero-order valence-corrected chi connectivity index (χ0v) is 15.7. The summed E-state index contributed by atoms with van der Waals surface area (Å²) in [7, 11) is 1.30. The molecular formula is C13H22KNO5. The molecule has 0 saturated carbocycles. The minimum absolute atomic E-state index is 0. The van der Waals surface area contributed by atoms with Crippen LogP contribution in [0.1, 0.15) is 51.9 Å². The van der Waals surface area contributed by atoms with Crippen LogP contribution in [-0.4, -0.2) is 40.9 Å². The fourth-order valence-corrected chi connectivity index (χ4v) is 1.77. The predicted octanol–water partition coefficient (Wildman–Crippen LogP) is -2.60. The van der Waals surface area contributed by atoms with Crippen LogP contribution in [0.3, 0.4) is 0 Å². The Morgan fingerprint density at radius 3 is 2.15 bits per heavy atom. The van der Waals surface area contributed by atoms with Crippen LogP contribution in [0.4, 0.5) is 0 Å². The van der Waals surface area contributed by atoms with Crippen molar-refractivity contribution in [3.05, 3.63) is 0 Å². The Bertz CT molecular complexity index is 322. The molecule has 0 aromatic carbocycles. The van der Waals surface area contributed by atoms with Gasteiger partial charge in [-0.2, -0.15) is 0 Å². The van der Waals surface area contributed by atoms with E-state index in [1.165, 1.54) is 7.05 Å². The number of carboxylic acids is 2. The Labute approximate surface area is 162 Å². The van der Waals surface area contributed by atoms with Gasteiger partial charge in [-0.25, -0.2) is 0 Å². The average molecular weight is 311 g/mol. The summed E-state index contributed by atoms with van der Waals surface area (Å²) in [6.07, 6.45) is 4.48. The molecule has 1 amide bonds. The van der Waals surface area contributed by atoms with Crippen LogP contribution < -0.4 is 56.5 Å². The molecule has 0 spiro atoms. The first kappa shape index (κ1) is 22.3. The number of carbonyl (C=O) groups excluding carboxylic acids is 2. The van der Waals surface area contributed by atoms with E-state index < -0.39 is 24.4 Å². The van der Waals surface area contributed by atoms with E-state index in [-0.39, 0.29) is 63.7 Å². The zero-order chi connectivity index (χ0) is 14.8. The number of carbonyl (C=O) groups is 3. The van der Waals surface area contributed by atoms with Gasteiger partial charge in [-0.1, -0.05) is 32.6 Å². The first-order chi connectivity index (χ1) is 8.90. The van der Waals surface area contributed by atoms with Crippen LogP contribution >= 0.6 is 0 Å². The van der Waals surface area contributed by atoms with Crippen molar-refractivity contribution in [2.24, 2.45) is 0 Å². The number of rotatable bonds is 10. The number of likely N-dealkylation sites (N-methyl/N-ethyl adjacent to an activating group) is 1. The minimum Gasteiger partial charge on any atom is -0.548 e. The van der Waals surface area contributed by atoms with Crippen molar-refractivity contribution in [3.8, 4) is 0 Å². The second-order valence-corrected chi connectivity index (χ2v) is 4.60. The molecule has 1 unspecified atom stereocenters. The smallest absolute Gasteiger partial charge is 0.548 e. The largest absolute Gasteiger partial charge is 1.00 e. The molecule has 0 aliphatic heterocycles. The average Bonchev–Trinajstić information content (AvgIpc) is 2.34. The molecule has 7 heteroatoms. The predicted molar refractivity (Wildman–Crippen MR) is 67.2 cm³/mol. The van der Waals surface area contributed by atoms with Crippen LogP contribution in [0.5, 0.6) is 0 Å². The first-order valence-corrected chi connectivity index (χ1v) is 6.58. The van der Waals surface area contributed by atoms with Crippen LogP contribution in [0, 0.1) is 0 Å². The van der Waals surface area contributed by atoms with Gasteiger partial charge in [-0.15, -0.1) is 0 Å². The van der Waals surface area contributed by atoms with Gasteiger partial charge in [0.2, 0.25) is 5.91 Å². The van der Waals surface area contributed by atoms with Crippen LogP contribution in [-0.2, 0) is 14.4 Å². The van der Waals surface area contributed by atoms with E-state index in [0.717, 1.165) is 30.6 Å². The molecule has 0 aromatic heterocycles. The summed E-state index contributed by atoms with van der Waals surface area (Å²) in [5.74, 6) is -3.16. The van der Waals surface area contributed by atoms with Gasteiger partial charge >= 0.3 is 57.4 Å². The van der Waals surface area contributed by atoms with Gasteiger partial charge in [-0.3, -0.25) is 9.59 Å². The van der Waals surface area contributed by atoms with Gasteiger partial charge in [0, 0.05) is 13.5 Å². The summed E-state index contributed by atoms with van der Waals surface area (Å²) in [5.41, 5.74) is 0. The molecule has 110 valence electrons. The summed E-state index contributed by atoms with van der Waals surface area (Å²) in [6.45, 7) is 2.09. The van der Waals surface area contributed by atoms with Crippen molar-refractivity contribution < 1.29 is 76.0 Å². The molecule has 0 radical (unpaired) electrons. The zero-order valence-electron chi connectivity index (χ0n) is 12.6. The number of hydrogen-bond donors (Lipinski definition) is 1. The van der Waals surface area contributed by atoms with Crippen LogP contribution in [0.15, 0.2) is 0 Å². The van der Waals surface area contributed by atoms with E-state index >= 15 is 0 Å². The van der Waals surface area contributed by atoms with Crippen molar-refractivity contribution in [3.63, 3.8) is 0 Å². The van der Waals surface area contributed by atoms with Crippen molar-refractivity contribution in [1.29, 1.82) is 0 Å². The minimum atomic E-state index is -1.54. The summed E-state index contributed by atoms with van der Waals surface area (Å²) in [4.78, 5) is 34.1. The summed E-state index contributed by atoms with van der Waals surface area (Å²) in [6, 6.07) is -1.40. The quantitative estimate of drug-likeness (QED) is 0.352. The van der Waals surface area contributed by atoms with Crippen molar-refractivity contribution in [2.45, 2.75) is 57.9 Å². The van der Waals surface area contributed by atoms with Crippen LogP contribution in [0.25, 0.3) is 0 Å². The molecule has 6 nitrogen and oxygen atoms in total. The van der Waals surface area contributed by atoms with E-state index in [9.17, 15) is 19.5 Å². The summed E-state index contributed by atoms with van der Waals surface area (Å²) in [5, 5.41) is 19.4. The third-order valence-corrected chi connectivity index (χ3v) is 3.00. The Morgan fingerprint density at radius 1 is 1.15 bits per heavy atom.